The number of rotatable bonds is 3. The molecule has 0 aliphatic carbocycles. The van der Waals surface area contributed by atoms with E-state index in [-0.39, 0.29) is 0 Å². The number of hydrogen-bond donors (Lipinski definition) is 1. The summed E-state index contributed by atoms with van der Waals surface area (Å²) < 4.78 is 0. The van der Waals surface area contributed by atoms with Gasteiger partial charge in [-0.05, 0) is 18.3 Å². The van der Waals surface area contributed by atoms with E-state index in [1.54, 1.807) is 0 Å². The van der Waals surface area contributed by atoms with E-state index in [1.807, 2.05) is 0 Å². The Bertz CT molecular complexity index is 285. The maximum absolute atomic E-state index is 12.1. The molecule has 0 radical (unpaired) electrons. The van der Waals surface area contributed by atoms with E-state index in [9.17, 15) is 4.79 Å². The molecule has 0 aromatic heterocycles. The third-order valence-electron chi connectivity index (χ3n) is 4.32. The van der Waals surface area contributed by atoms with E-state index in [4.69, 9.17) is 0 Å². The van der Waals surface area contributed by atoms with Crippen LogP contribution in [0.3, 0.4) is 0 Å². The van der Waals surface area contributed by atoms with Crippen molar-refractivity contribution >= 4 is 5.91 Å². The molecule has 0 saturated carbocycles. The SMILES string of the molecule is CC1(C)CCC(=O)N(CCN2CCNCC2)CC1. The molecule has 0 spiro atoms. The Morgan fingerprint density at radius 1 is 1.11 bits per heavy atom. The van der Waals surface area contributed by atoms with Crippen LogP contribution in [0.25, 0.3) is 0 Å². The number of hydrogen-bond acceptors (Lipinski definition) is 3. The van der Waals surface area contributed by atoms with Crippen LogP contribution in [0.4, 0.5) is 0 Å². The van der Waals surface area contributed by atoms with Gasteiger partial charge in [0, 0.05) is 52.2 Å². The number of amides is 1. The van der Waals surface area contributed by atoms with Gasteiger partial charge in [-0.2, -0.15) is 0 Å². The topological polar surface area (TPSA) is 35.6 Å². The number of piperazine rings is 1. The van der Waals surface area contributed by atoms with Gasteiger partial charge in [0.2, 0.25) is 5.91 Å². The van der Waals surface area contributed by atoms with Crippen LogP contribution in [-0.4, -0.2) is 61.5 Å². The van der Waals surface area contributed by atoms with Crippen molar-refractivity contribution in [3.63, 3.8) is 0 Å². The molecular weight excluding hydrogens is 226 g/mol. The fourth-order valence-electron chi connectivity index (χ4n) is 2.72. The van der Waals surface area contributed by atoms with Gasteiger partial charge in [0.15, 0.2) is 0 Å². The molecule has 2 saturated heterocycles. The zero-order valence-corrected chi connectivity index (χ0v) is 11.9. The Balaban J connectivity index is 1.78. The van der Waals surface area contributed by atoms with Crippen molar-refractivity contribution in [1.29, 1.82) is 0 Å². The average molecular weight is 253 g/mol. The van der Waals surface area contributed by atoms with E-state index in [2.05, 4.69) is 29.0 Å². The Morgan fingerprint density at radius 2 is 1.83 bits per heavy atom. The lowest BCUT2D eigenvalue weighted by Gasteiger charge is -2.30. The standard InChI is InChI=1S/C14H27N3O/c1-14(2)4-3-13(18)17(8-5-14)12-11-16-9-6-15-7-10-16/h15H,3-12H2,1-2H3. The predicted molar refractivity (Wildman–Crippen MR) is 73.5 cm³/mol. The quantitative estimate of drug-likeness (QED) is 0.813. The molecule has 18 heavy (non-hydrogen) atoms. The van der Waals surface area contributed by atoms with Gasteiger partial charge in [-0.15, -0.1) is 0 Å². The van der Waals surface area contributed by atoms with Crippen LogP contribution in [-0.2, 0) is 4.79 Å². The molecule has 4 heteroatoms. The van der Waals surface area contributed by atoms with Crippen LogP contribution >= 0.6 is 0 Å². The Labute approximate surface area is 111 Å². The largest absolute Gasteiger partial charge is 0.341 e. The highest BCUT2D eigenvalue weighted by Crippen LogP contribution is 2.30. The third kappa shape index (κ3) is 3.95. The molecule has 2 heterocycles. The van der Waals surface area contributed by atoms with Crippen LogP contribution in [0, 0.1) is 5.41 Å². The summed E-state index contributed by atoms with van der Waals surface area (Å²) in [6.45, 7) is 11.9. The van der Waals surface area contributed by atoms with Crippen molar-refractivity contribution in [2.45, 2.75) is 33.1 Å². The number of nitrogens with zero attached hydrogens (tertiary/aromatic N) is 2. The van der Waals surface area contributed by atoms with Crippen molar-refractivity contribution < 1.29 is 4.79 Å². The summed E-state index contributed by atoms with van der Waals surface area (Å²) in [4.78, 5) is 16.6. The highest BCUT2D eigenvalue weighted by atomic mass is 16.2. The van der Waals surface area contributed by atoms with Crippen molar-refractivity contribution in [2.24, 2.45) is 5.41 Å². The maximum atomic E-state index is 12.1. The molecule has 104 valence electrons. The van der Waals surface area contributed by atoms with Crippen LogP contribution in [0.5, 0.6) is 0 Å². The van der Waals surface area contributed by atoms with Gasteiger partial charge in [-0.3, -0.25) is 9.69 Å². The van der Waals surface area contributed by atoms with Crippen molar-refractivity contribution in [1.82, 2.24) is 15.1 Å². The lowest BCUT2D eigenvalue weighted by atomic mass is 9.85. The van der Waals surface area contributed by atoms with E-state index in [0.717, 1.165) is 65.1 Å². The molecule has 0 atom stereocenters. The summed E-state index contributed by atoms with van der Waals surface area (Å²) in [5, 5.41) is 3.36. The normalized spacial score (nSPS) is 26.1. The summed E-state index contributed by atoms with van der Waals surface area (Å²) in [6, 6.07) is 0. The zero-order valence-electron chi connectivity index (χ0n) is 11.9. The molecule has 1 amide bonds. The smallest absolute Gasteiger partial charge is 0.222 e. The molecular formula is C14H27N3O. The minimum absolute atomic E-state index is 0.333. The number of nitrogens with one attached hydrogen (secondary N) is 1. The van der Waals surface area contributed by atoms with E-state index < -0.39 is 0 Å². The molecule has 2 aliphatic rings. The van der Waals surface area contributed by atoms with Gasteiger partial charge in [-0.1, -0.05) is 13.8 Å². The first-order valence-corrected chi connectivity index (χ1v) is 7.28. The molecule has 0 aromatic carbocycles. The third-order valence-corrected chi connectivity index (χ3v) is 4.32. The van der Waals surface area contributed by atoms with Crippen LogP contribution in [0.1, 0.15) is 33.1 Å². The summed E-state index contributed by atoms with van der Waals surface area (Å²) in [5.74, 6) is 0.357. The van der Waals surface area contributed by atoms with Gasteiger partial charge >= 0.3 is 0 Å². The summed E-state index contributed by atoms with van der Waals surface area (Å²) in [7, 11) is 0. The van der Waals surface area contributed by atoms with Crippen LogP contribution in [0.15, 0.2) is 0 Å². The van der Waals surface area contributed by atoms with Crippen molar-refractivity contribution in [3.8, 4) is 0 Å². The Kier molecular flexibility index (Phi) is 4.62. The van der Waals surface area contributed by atoms with Crippen molar-refractivity contribution in [3.05, 3.63) is 0 Å². The molecule has 2 fully saturated rings. The van der Waals surface area contributed by atoms with Crippen molar-refractivity contribution in [2.75, 3.05) is 45.8 Å². The average Bonchev–Trinajstić information content (AvgIpc) is 2.49. The highest BCUT2D eigenvalue weighted by Gasteiger charge is 2.27. The molecule has 1 N–H and O–H groups in total. The van der Waals surface area contributed by atoms with E-state index in [1.165, 1.54) is 0 Å². The fraction of sp³-hybridized carbons (Fsp3) is 0.929. The maximum Gasteiger partial charge on any atom is 0.222 e. The Morgan fingerprint density at radius 3 is 2.56 bits per heavy atom. The van der Waals surface area contributed by atoms with Gasteiger partial charge < -0.3 is 10.2 Å². The minimum Gasteiger partial charge on any atom is -0.341 e. The Hall–Kier alpha value is -0.610. The first-order chi connectivity index (χ1) is 8.57. The molecule has 0 aromatic rings. The van der Waals surface area contributed by atoms with Crippen LogP contribution < -0.4 is 5.32 Å². The first kappa shape index (κ1) is 13.8. The number of carbonyl (C=O) groups is 1. The number of carbonyl (C=O) groups excluding carboxylic acids is 1. The first-order valence-electron chi connectivity index (χ1n) is 7.28. The van der Waals surface area contributed by atoms with Gasteiger partial charge in [-0.25, -0.2) is 0 Å². The van der Waals surface area contributed by atoms with E-state index in [0.29, 0.717) is 11.3 Å². The summed E-state index contributed by atoms with van der Waals surface area (Å²) in [6.07, 6.45) is 2.91. The van der Waals surface area contributed by atoms with E-state index >= 15 is 0 Å². The number of likely N-dealkylation sites (tertiary alicyclic amines) is 1. The lowest BCUT2D eigenvalue weighted by Crippen LogP contribution is -2.47. The fourth-order valence-corrected chi connectivity index (χ4v) is 2.72. The lowest BCUT2D eigenvalue weighted by molar-refractivity contribution is -0.130. The minimum atomic E-state index is 0.333. The molecule has 4 nitrogen and oxygen atoms in total. The highest BCUT2D eigenvalue weighted by molar-refractivity contribution is 5.76. The van der Waals surface area contributed by atoms with Gasteiger partial charge in [0.1, 0.15) is 0 Å². The zero-order chi connectivity index (χ0) is 13.0. The molecule has 0 bridgehead atoms. The second-order valence-electron chi connectivity index (χ2n) is 6.39. The van der Waals surface area contributed by atoms with Gasteiger partial charge in [0.25, 0.3) is 0 Å². The summed E-state index contributed by atoms with van der Waals surface area (Å²) in [5.41, 5.74) is 0.333. The summed E-state index contributed by atoms with van der Waals surface area (Å²) >= 11 is 0. The molecule has 0 unspecified atom stereocenters. The van der Waals surface area contributed by atoms with Gasteiger partial charge in [0.05, 0.1) is 0 Å². The molecule has 2 rings (SSSR count). The second-order valence-corrected chi connectivity index (χ2v) is 6.39. The molecule has 2 aliphatic heterocycles. The van der Waals surface area contributed by atoms with Crippen LogP contribution in [0.2, 0.25) is 0 Å². The predicted octanol–water partition coefficient (Wildman–Crippen LogP) is 0.930. The monoisotopic (exact) mass is 253 g/mol. The second kappa shape index (κ2) is 6.02.